The molecule has 1 amide bonds. The Labute approximate surface area is 122 Å². The third-order valence-electron chi connectivity index (χ3n) is 3.28. The van der Waals surface area contributed by atoms with E-state index in [2.05, 4.69) is 14.9 Å². The fourth-order valence-electron chi connectivity index (χ4n) is 1.96. The molecule has 0 saturated carbocycles. The van der Waals surface area contributed by atoms with Crippen LogP contribution in [0.3, 0.4) is 0 Å². The van der Waals surface area contributed by atoms with E-state index >= 15 is 0 Å². The summed E-state index contributed by atoms with van der Waals surface area (Å²) in [7, 11) is 0. The molecule has 0 aliphatic carbocycles. The van der Waals surface area contributed by atoms with Crippen molar-refractivity contribution >= 4 is 23.4 Å². The zero-order valence-corrected chi connectivity index (χ0v) is 12.7. The molecule has 0 aliphatic heterocycles. The predicted octanol–water partition coefficient (Wildman–Crippen LogP) is 2.11. The topological polar surface area (TPSA) is 92.2 Å². The van der Waals surface area contributed by atoms with Crippen molar-refractivity contribution < 1.29 is 14.7 Å². The molecule has 1 aromatic heterocycles. The summed E-state index contributed by atoms with van der Waals surface area (Å²) < 4.78 is 3.79. The molecular formula is C13H21N3O3S. The Kier molecular flexibility index (Phi) is 7.14. The van der Waals surface area contributed by atoms with Crippen molar-refractivity contribution in [3.8, 4) is 0 Å². The normalized spacial score (nSPS) is 12.1. The lowest BCUT2D eigenvalue weighted by Crippen LogP contribution is -2.26. The lowest BCUT2D eigenvalue weighted by Gasteiger charge is -2.13. The molecule has 6 nitrogen and oxygen atoms in total. The Balaban J connectivity index is 2.35. The van der Waals surface area contributed by atoms with Crippen molar-refractivity contribution in [3.63, 3.8) is 0 Å². The van der Waals surface area contributed by atoms with Gasteiger partial charge in [0.05, 0.1) is 5.69 Å². The van der Waals surface area contributed by atoms with E-state index in [1.54, 1.807) is 0 Å². The third kappa shape index (κ3) is 5.24. The number of aromatic nitrogens is 2. The van der Waals surface area contributed by atoms with Crippen molar-refractivity contribution in [1.82, 2.24) is 14.9 Å². The lowest BCUT2D eigenvalue weighted by molar-refractivity contribution is -0.137. The Hall–Kier alpha value is -1.50. The minimum Gasteiger partial charge on any atom is -0.481 e. The molecule has 0 radical (unpaired) electrons. The summed E-state index contributed by atoms with van der Waals surface area (Å²) in [6.07, 6.45) is 3.25. The second kappa shape index (κ2) is 8.63. The first-order valence-corrected chi connectivity index (χ1v) is 7.67. The number of carbonyl (C=O) groups excluding carboxylic acids is 1. The van der Waals surface area contributed by atoms with E-state index in [0.717, 1.165) is 30.1 Å². The molecule has 0 bridgehead atoms. The summed E-state index contributed by atoms with van der Waals surface area (Å²) in [4.78, 5) is 23.1. The standard InChI is InChI=1S/C13H21N3O3S/c1-3-9(5-6-11(17)18)7-8-14-13(19)12-10(4-2)15-16-20-12/h9H,3-8H2,1-2H3,(H,14,19)(H,17,18). The van der Waals surface area contributed by atoms with Gasteiger partial charge in [0.1, 0.15) is 4.88 Å². The summed E-state index contributed by atoms with van der Waals surface area (Å²) in [5.74, 6) is -0.572. The van der Waals surface area contributed by atoms with Crippen molar-refractivity contribution in [1.29, 1.82) is 0 Å². The minimum absolute atomic E-state index is 0.134. The molecule has 1 rings (SSSR count). The van der Waals surface area contributed by atoms with Crippen LogP contribution in [0.4, 0.5) is 0 Å². The smallest absolute Gasteiger partial charge is 0.303 e. The molecule has 0 fully saturated rings. The summed E-state index contributed by atoms with van der Waals surface area (Å²) in [6, 6.07) is 0. The summed E-state index contributed by atoms with van der Waals surface area (Å²) >= 11 is 1.11. The summed E-state index contributed by atoms with van der Waals surface area (Å²) in [6.45, 7) is 4.53. The fraction of sp³-hybridized carbons (Fsp3) is 0.692. The van der Waals surface area contributed by atoms with Crippen LogP contribution in [0.25, 0.3) is 0 Å². The highest BCUT2D eigenvalue weighted by molar-refractivity contribution is 7.08. The number of aliphatic carboxylic acids is 1. The van der Waals surface area contributed by atoms with Crippen molar-refractivity contribution in [2.24, 2.45) is 5.92 Å². The molecule has 7 heteroatoms. The third-order valence-corrected chi connectivity index (χ3v) is 4.05. The van der Waals surface area contributed by atoms with Crippen LogP contribution in [-0.2, 0) is 11.2 Å². The van der Waals surface area contributed by atoms with E-state index in [-0.39, 0.29) is 12.3 Å². The molecule has 0 saturated heterocycles. The zero-order valence-electron chi connectivity index (χ0n) is 11.9. The van der Waals surface area contributed by atoms with Crippen molar-refractivity contribution in [3.05, 3.63) is 10.6 Å². The molecule has 1 aromatic rings. The highest BCUT2D eigenvalue weighted by atomic mass is 32.1. The first kappa shape index (κ1) is 16.6. The van der Waals surface area contributed by atoms with E-state index in [9.17, 15) is 9.59 Å². The van der Waals surface area contributed by atoms with Gasteiger partial charge in [-0.1, -0.05) is 24.8 Å². The van der Waals surface area contributed by atoms with Gasteiger partial charge in [-0.05, 0) is 36.7 Å². The van der Waals surface area contributed by atoms with Gasteiger partial charge in [0.25, 0.3) is 5.91 Å². The SMILES string of the molecule is CCc1nnsc1C(=O)NCCC(CC)CCC(=O)O. The Morgan fingerprint density at radius 1 is 1.35 bits per heavy atom. The first-order valence-electron chi connectivity index (χ1n) is 6.89. The maximum atomic E-state index is 11.9. The first-order chi connectivity index (χ1) is 9.58. The number of hydrogen-bond acceptors (Lipinski definition) is 5. The van der Waals surface area contributed by atoms with Gasteiger partial charge in [0.15, 0.2) is 0 Å². The van der Waals surface area contributed by atoms with Gasteiger partial charge in [-0.3, -0.25) is 9.59 Å². The van der Waals surface area contributed by atoms with Gasteiger partial charge in [-0.15, -0.1) is 5.10 Å². The van der Waals surface area contributed by atoms with Crippen LogP contribution in [0.5, 0.6) is 0 Å². The number of carboxylic acids is 1. The molecule has 112 valence electrons. The molecule has 20 heavy (non-hydrogen) atoms. The monoisotopic (exact) mass is 299 g/mol. The van der Waals surface area contributed by atoms with Gasteiger partial charge in [0.2, 0.25) is 0 Å². The molecule has 1 atom stereocenters. The highest BCUT2D eigenvalue weighted by Crippen LogP contribution is 2.15. The quantitative estimate of drug-likeness (QED) is 0.728. The largest absolute Gasteiger partial charge is 0.481 e. The van der Waals surface area contributed by atoms with Gasteiger partial charge in [0, 0.05) is 13.0 Å². The van der Waals surface area contributed by atoms with Crippen LogP contribution >= 0.6 is 11.5 Å². The van der Waals surface area contributed by atoms with Gasteiger partial charge >= 0.3 is 5.97 Å². The van der Waals surface area contributed by atoms with E-state index < -0.39 is 5.97 Å². The number of rotatable bonds is 9. The number of carbonyl (C=O) groups is 2. The summed E-state index contributed by atoms with van der Waals surface area (Å²) in [5.41, 5.74) is 0.727. The predicted molar refractivity (Wildman–Crippen MR) is 76.9 cm³/mol. The number of amides is 1. The van der Waals surface area contributed by atoms with Gasteiger partial charge in [-0.25, -0.2) is 0 Å². The average molecular weight is 299 g/mol. The van der Waals surface area contributed by atoms with E-state index in [1.165, 1.54) is 0 Å². The molecular weight excluding hydrogens is 278 g/mol. The van der Waals surface area contributed by atoms with Crippen LogP contribution in [0.2, 0.25) is 0 Å². The van der Waals surface area contributed by atoms with Crippen LogP contribution in [0.1, 0.15) is 54.9 Å². The molecule has 2 N–H and O–H groups in total. The highest BCUT2D eigenvalue weighted by Gasteiger charge is 2.15. The van der Waals surface area contributed by atoms with Gasteiger partial charge < -0.3 is 10.4 Å². The number of aryl methyl sites for hydroxylation is 1. The molecule has 0 aromatic carbocycles. The zero-order chi connectivity index (χ0) is 15.0. The van der Waals surface area contributed by atoms with Crippen LogP contribution in [0, 0.1) is 5.92 Å². The van der Waals surface area contributed by atoms with Crippen LogP contribution in [0.15, 0.2) is 0 Å². The lowest BCUT2D eigenvalue weighted by atomic mass is 9.96. The Morgan fingerprint density at radius 2 is 2.10 bits per heavy atom. The number of nitrogens with one attached hydrogen (secondary N) is 1. The second-order valence-electron chi connectivity index (χ2n) is 4.65. The molecule has 1 unspecified atom stereocenters. The van der Waals surface area contributed by atoms with Crippen molar-refractivity contribution in [2.45, 2.75) is 46.0 Å². The Morgan fingerprint density at radius 3 is 2.70 bits per heavy atom. The van der Waals surface area contributed by atoms with E-state index in [4.69, 9.17) is 5.11 Å². The summed E-state index contributed by atoms with van der Waals surface area (Å²) in [5, 5.41) is 15.4. The van der Waals surface area contributed by atoms with Crippen LogP contribution in [-0.4, -0.2) is 33.1 Å². The molecule has 0 spiro atoms. The van der Waals surface area contributed by atoms with E-state index in [1.807, 2.05) is 13.8 Å². The molecule has 1 heterocycles. The fourth-order valence-corrected chi connectivity index (χ4v) is 2.63. The maximum absolute atomic E-state index is 11.9. The number of nitrogens with zero attached hydrogens (tertiary/aromatic N) is 2. The van der Waals surface area contributed by atoms with Crippen LogP contribution < -0.4 is 5.32 Å². The number of carboxylic acid groups (broad SMARTS) is 1. The van der Waals surface area contributed by atoms with Gasteiger partial charge in [-0.2, -0.15) is 0 Å². The van der Waals surface area contributed by atoms with Crippen molar-refractivity contribution in [2.75, 3.05) is 6.54 Å². The average Bonchev–Trinajstić information content (AvgIpc) is 2.90. The minimum atomic E-state index is -0.768. The van der Waals surface area contributed by atoms with E-state index in [0.29, 0.717) is 30.2 Å². The maximum Gasteiger partial charge on any atom is 0.303 e. The molecule has 0 aliphatic rings. The number of hydrogen-bond donors (Lipinski definition) is 2. The Bertz CT molecular complexity index is 448. The second-order valence-corrected chi connectivity index (χ2v) is 5.41.